The van der Waals surface area contributed by atoms with Gasteiger partial charge in [-0.25, -0.2) is 8.78 Å². The minimum absolute atomic E-state index is 0. The maximum absolute atomic E-state index is 14.1. The summed E-state index contributed by atoms with van der Waals surface area (Å²) in [5.41, 5.74) is 0.130. The van der Waals surface area contributed by atoms with Crippen molar-refractivity contribution in [1.82, 2.24) is 15.5 Å². The van der Waals surface area contributed by atoms with Crippen LogP contribution < -0.4 is 10.6 Å². The molecule has 1 aromatic carbocycles. The zero-order chi connectivity index (χ0) is 18.0. The van der Waals surface area contributed by atoms with Gasteiger partial charge in [0.1, 0.15) is 11.6 Å². The van der Waals surface area contributed by atoms with E-state index in [4.69, 9.17) is 0 Å². The standard InChI is InChI=1S/C18H23F2N3O2.ClH/c1-11(24)22-17(15-5-2-12(19)8-16(15)20)9-18(25)23-13-3-4-14(23)10-21-7-6-13;/h2,5,8,13-14,17,21H,3-4,6-7,9-10H2,1H3,(H,22,24);1H. The smallest absolute Gasteiger partial charge is 0.225 e. The Kier molecular flexibility index (Phi) is 6.94. The summed E-state index contributed by atoms with van der Waals surface area (Å²) in [5, 5.41) is 5.96. The van der Waals surface area contributed by atoms with Crippen LogP contribution in [-0.4, -0.2) is 41.9 Å². The highest BCUT2D eigenvalue weighted by atomic mass is 35.5. The molecule has 5 nitrogen and oxygen atoms in total. The number of carbonyl (C=O) groups excluding carboxylic acids is 2. The van der Waals surface area contributed by atoms with Crippen LogP contribution in [0, 0.1) is 11.6 Å². The van der Waals surface area contributed by atoms with Crippen molar-refractivity contribution in [3.63, 3.8) is 0 Å². The Labute approximate surface area is 157 Å². The number of benzene rings is 1. The molecule has 3 unspecified atom stereocenters. The van der Waals surface area contributed by atoms with Crippen LogP contribution in [0.2, 0.25) is 0 Å². The normalized spacial score (nSPS) is 23.0. The predicted octanol–water partition coefficient (Wildman–Crippen LogP) is 2.31. The minimum atomic E-state index is -0.804. The SMILES string of the molecule is CC(=O)NC(CC(=O)N1C2CCNCC1CC2)c1ccc(F)cc1F.Cl. The summed E-state index contributed by atoms with van der Waals surface area (Å²) in [6.07, 6.45) is 2.81. The quantitative estimate of drug-likeness (QED) is 0.833. The van der Waals surface area contributed by atoms with Gasteiger partial charge in [0, 0.05) is 37.2 Å². The summed E-state index contributed by atoms with van der Waals surface area (Å²) in [4.78, 5) is 26.3. The van der Waals surface area contributed by atoms with Crippen molar-refractivity contribution in [2.75, 3.05) is 13.1 Å². The maximum Gasteiger partial charge on any atom is 0.225 e. The fraction of sp³-hybridized carbons (Fsp3) is 0.556. The zero-order valence-electron chi connectivity index (χ0n) is 14.6. The lowest BCUT2D eigenvalue weighted by molar-refractivity contribution is -0.134. The summed E-state index contributed by atoms with van der Waals surface area (Å²) in [6.45, 7) is 2.96. The number of nitrogens with one attached hydrogen (secondary N) is 2. The van der Waals surface area contributed by atoms with E-state index in [9.17, 15) is 18.4 Å². The highest BCUT2D eigenvalue weighted by molar-refractivity contribution is 5.85. The first kappa shape index (κ1) is 20.6. The van der Waals surface area contributed by atoms with Gasteiger partial charge < -0.3 is 15.5 Å². The molecule has 0 saturated carbocycles. The number of nitrogens with zero attached hydrogens (tertiary/aromatic N) is 1. The van der Waals surface area contributed by atoms with Crippen LogP contribution >= 0.6 is 12.4 Å². The van der Waals surface area contributed by atoms with Crippen molar-refractivity contribution in [2.24, 2.45) is 0 Å². The molecule has 2 bridgehead atoms. The number of amides is 2. The van der Waals surface area contributed by atoms with Gasteiger partial charge in [-0.1, -0.05) is 6.07 Å². The third-order valence-corrected chi connectivity index (χ3v) is 5.04. The van der Waals surface area contributed by atoms with Crippen molar-refractivity contribution in [3.05, 3.63) is 35.4 Å². The third kappa shape index (κ3) is 4.51. The van der Waals surface area contributed by atoms with E-state index in [0.29, 0.717) is 0 Å². The van der Waals surface area contributed by atoms with Crippen LogP contribution in [0.4, 0.5) is 8.78 Å². The lowest BCUT2D eigenvalue weighted by Crippen LogP contribution is -2.44. The first-order chi connectivity index (χ1) is 12.0. The summed E-state index contributed by atoms with van der Waals surface area (Å²) in [6, 6.07) is 2.74. The van der Waals surface area contributed by atoms with E-state index in [1.54, 1.807) is 0 Å². The Morgan fingerprint density at radius 2 is 2.00 bits per heavy atom. The third-order valence-electron chi connectivity index (χ3n) is 5.04. The second kappa shape index (κ2) is 8.77. The molecular formula is C18H24ClF2N3O2. The monoisotopic (exact) mass is 387 g/mol. The highest BCUT2D eigenvalue weighted by Crippen LogP contribution is 2.30. The Hall–Kier alpha value is -1.73. The second-order valence-corrected chi connectivity index (χ2v) is 6.80. The van der Waals surface area contributed by atoms with Crippen LogP contribution in [0.25, 0.3) is 0 Å². The van der Waals surface area contributed by atoms with Crippen molar-refractivity contribution in [2.45, 2.75) is 50.7 Å². The molecular weight excluding hydrogens is 364 g/mol. The van der Waals surface area contributed by atoms with Crippen LogP contribution in [-0.2, 0) is 9.59 Å². The van der Waals surface area contributed by atoms with Crippen LogP contribution in [0.5, 0.6) is 0 Å². The average Bonchev–Trinajstić information content (AvgIpc) is 2.79. The topological polar surface area (TPSA) is 61.4 Å². The molecule has 0 spiro atoms. The van der Waals surface area contributed by atoms with E-state index in [0.717, 1.165) is 44.5 Å². The van der Waals surface area contributed by atoms with E-state index >= 15 is 0 Å². The molecule has 3 atom stereocenters. The summed E-state index contributed by atoms with van der Waals surface area (Å²) < 4.78 is 27.3. The van der Waals surface area contributed by atoms with Crippen molar-refractivity contribution >= 4 is 24.2 Å². The molecule has 2 N–H and O–H groups in total. The molecule has 2 saturated heterocycles. The second-order valence-electron chi connectivity index (χ2n) is 6.80. The molecule has 26 heavy (non-hydrogen) atoms. The Morgan fingerprint density at radius 1 is 1.27 bits per heavy atom. The fourth-order valence-electron chi connectivity index (χ4n) is 3.94. The minimum Gasteiger partial charge on any atom is -0.349 e. The van der Waals surface area contributed by atoms with Crippen LogP contribution in [0.3, 0.4) is 0 Å². The van der Waals surface area contributed by atoms with Crippen molar-refractivity contribution < 1.29 is 18.4 Å². The molecule has 2 amide bonds. The molecule has 0 aliphatic carbocycles. The molecule has 8 heteroatoms. The number of rotatable bonds is 4. The fourth-order valence-corrected chi connectivity index (χ4v) is 3.94. The van der Waals surface area contributed by atoms with Crippen LogP contribution in [0.1, 0.15) is 44.2 Å². The van der Waals surface area contributed by atoms with Gasteiger partial charge in [0.2, 0.25) is 11.8 Å². The molecule has 2 fully saturated rings. The molecule has 1 aromatic rings. The van der Waals surface area contributed by atoms with E-state index in [2.05, 4.69) is 10.6 Å². The van der Waals surface area contributed by atoms with Crippen LogP contribution in [0.15, 0.2) is 18.2 Å². The summed E-state index contributed by atoms with van der Waals surface area (Å²) >= 11 is 0. The molecule has 144 valence electrons. The lowest BCUT2D eigenvalue weighted by Gasteiger charge is -2.30. The number of fused-ring (bicyclic) bond motifs is 2. The van der Waals surface area contributed by atoms with Crippen molar-refractivity contribution in [1.29, 1.82) is 0 Å². The number of hydrogen-bond acceptors (Lipinski definition) is 3. The number of carbonyl (C=O) groups is 2. The van der Waals surface area contributed by atoms with Gasteiger partial charge in [0.05, 0.1) is 12.5 Å². The maximum atomic E-state index is 14.1. The largest absolute Gasteiger partial charge is 0.349 e. The lowest BCUT2D eigenvalue weighted by atomic mass is 10.0. The molecule has 0 radical (unpaired) electrons. The zero-order valence-corrected chi connectivity index (χ0v) is 15.5. The first-order valence-electron chi connectivity index (χ1n) is 8.69. The van der Waals surface area contributed by atoms with E-state index in [-0.39, 0.29) is 48.3 Å². The average molecular weight is 388 g/mol. The first-order valence-corrected chi connectivity index (χ1v) is 8.69. The van der Waals surface area contributed by atoms with E-state index < -0.39 is 17.7 Å². The predicted molar refractivity (Wildman–Crippen MR) is 95.9 cm³/mol. The summed E-state index contributed by atoms with van der Waals surface area (Å²) in [7, 11) is 0. The van der Waals surface area contributed by atoms with Gasteiger partial charge in [-0.05, 0) is 31.9 Å². The number of halogens is 3. The molecule has 2 aliphatic rings. The Morgan fingerprint density at radius 3 is 2.69 bits per heavy atom. The van der Waals surface area contributed by atoms with Gasteiger partial charge in [0.25, 0.3) is 0 Å². The van der Waals surface area contributed by atoms with Crippen molar-refractivity contribution in [3.8, 4) is 0 Å². The van der Waals surface area contributed by atoms with Gasteiger partial charge in [-0.2, -0.15) is 0 Å². The molecule has 2 aliphatic heterocycles. The van der Waals surface area contributed by atoms with Gasteiger partial charge in [-0.3, -0.25) is 9.59 Å². The summed E-state index contributed by atoms with van der Waals surface area (Å²) in [5.74, 6) is -1.90. The van der Waals surface area contributed by atoms with E-state index in [1.165, 1.54) is 13.0 Å². The highest BCUT2D eigenvalue weighted by Gasteiger charge is 2.38. The number of hydrogen-bond donors (Lipinski definition) is 2. The van der Waals surface area contributed by atoms with Gasteiger partial charge in [0.15, 0.2) is 0 Å². The molecule has 0 aromatic heterocycles. The van der Waals surface area contributed by atoms with Gasteiger partial charge in [-0.15, -0.1) is 12.4 Å². The Balaban J connectivity index is 0.00000243. The molecule has 2 heterocycles. The van der Waals surface area contributed by atoms with E-state index in [1.807, 2.05) is 4.90 Å². The molecule has 3 rings (SSSR count). The Bertz CT molecular complexity index is 660. The van der Waals surface area contributed by atoms with Gasteiger partial charge >= 0.3 is 0 Å².